The minimum absolute atomic E-state index is 0.00772. The summed E-state index contributed by atoms with van der Waals surface area (Å²) in [6.07, 6.45) is 1.08. The highest BCUT2D eigenvalue weighted by molar-refractivity contribution is 7.90. The van der Waals surface area contributed by atoms with Crippen LogP contribution in [0, 0.1) is 0 Å². The van der Waals surface area contributed by atoms with E-state index in [1.54, 1.807) is 0 Å². The lowest BCUT2D eigenvalue weighted by Crippen LogP contribution is -2.30. The van der Waals surface area contributed by atoms with Gasteiger partial charge < -0.3 is 10.1 Å². The maximum absolute atomic E-state index is 12.3. The third kappa shape index (κ3) is 5.35. The number of pyridine rings is 1. The van der Waals surface area contributed by atoms with Crippen LogP contribution in [0.1, 0.15) is 33.3 Å². The van der Waals surface area contributed by atoms with Gasteiger partial charge in [-0.15, -0.1) is 0 Å². The first-order chi connectivity index (χ1) is 12.7. The molecule has 2 amide bonds. The van der Waals surface area contributed by atoms with E-state index < -0.39 is 21.9 Å². The molecule has 0 saturated heterocycles. The van der Waals surface area contributed by atoms with Crippen molar-refractivity contribution in [3.05, 3.63) is 59.4 Å². The monoisotopic (exact) mass is 391 g/mol. The van der Waals surface area contributed by atoms with Crippen LogP contribution in [0.3, 0.4) is 0 Å². The molecule has 0 aliphatic heterocycles. The molecule has 2 aromatic rings. The number of hydrogen-bond donors (Lipinski definition) is 2. The van der Waals surface area contributed by atoms with Crippen molar-refractivity contribution in [1.82, 2.24) is 15.0 Å². The molecule has 0 atom stereocenters. The quantitative estimate of drug-likeness (QED) is 0.690. The molecule has 0 bridgehead atoms. The molecule has 0 spiro atoms. The van der Waals surface area contributed by atoms with Crippen LogP contribution in [0.15, 0.2) is 47.5 Å². The zero-order chi connectivity index (χ0) is 20.0. The Morgan fingerprint density at radius 3 is 2.26 bits per heavy atom. The standard InChI is InChI=1S/C17H17N3O6S/c1-11(21)18-9-12-3-6-14(7-4-12)27(24,25)20-16(22)13-5-8-15(19-10-13)17(23)26-2/h3-8,10H,9H2,1-2H3,(H,18,21)(H,20,22). The Labute approximate surface area is 155 Å². The first-order valence-corrected chi connectivity index (χ1v) is 9.16. The third-order valence-corrected chi connectivity index (χ3v) is 4.77. The number of benzene rings is 1. The average Bonchev–Trinajstić information content (AvgIpc) is 2.65. The fourth-order valence-corrected chi connectivity index (χ4v) is 2.98. The normalized spacial score (nSPS) is 10.7. The molecular weight excluding hydrogens is 374 g/mol. The number of carbonyl (C=O) groups excluding carboxylic acids is 3. The van der Waals surface area contributed by atoms with E-state index in [0.29, 0.717) is 5.56 Å². The molecule has 9 nitrogen and oxygen atoms in total. The Morgan fingerprint density at radius 1 is 1.07 bits per heavy atom. The number of amides is 2. The second-order valence-electron chi connectivity index (χ2n) is 5.41. The van der Waals surface area contributed by atoms with Crippen LogP contribution in [0.25, 0.3) is 0 Å². The summed E-state index contributed by atoms with van der Waals surface area (Å²) in [6, 6.07) is 8.23. The van der Waals surface area contributed by atoms with Gasteiger partial charge in [0.2, 0.25) is 5.91 Å². The fourth-order valence-electron chi connectivity index (χ4n) is 2.01. The maximum atomic E-state index is 12.3. The molecule has 2 N–H and O–H groups in total. The van der Waals surface area contributed by atoms with Gasteiger partial charge in [0.1, 0.15) is 5.69 Å². The van der Waals surface area contributed by atoms with Crippen LogP contribution in [0.4, 0.5) is 0 Å². The predicted octanol–water partition coefficient (Wildman–Crippen LogP) is 0.623. The van der Waals surface area contributed by atoms with E-state index in [1.807, 2.05) is 4.72 Å². The van der Waals surface area contributed by atoms with E-state index in [2.05, 4.69) is 15.0 Å². The van der Waals surface area contributed by atoms with E-state index in [0.717, 1.165) is 6.20 Å². The number of aromatic nitrogens is 1. The predicted molar refractivity (Wildman–Crippen MR) is 94.2 cm³/mol. The van der Waals surface area contributed by atoms with Crippen LogP contribution >= 0.6 is 0 Å². The molecule has 0 radical (unpaired) electrons. The summed E-state index contributed by atoms with van der Waals surface area (Å²) in [7, 11) is -2.90. The van der Waals surface area contributed by atoms with Crippen molar-refractivity contribution in [1.29, 1.82) is 0 Å². The summed E-state index contributed by atoms with van der Waals surface area (Å²) in [5.41, 5.74) is 0.665. The number of hydrogen-bond acceptors (Lipinski definition) is 7. The molecule has 0 saturated carbocycles. The van der Waals surface area contributed by atoms with Gasteiger partial charge in [-0.1, -0.05) is 12.1 Å². The number of esters is 1. The van der Waals surface area contributed by atoms with Gasteiger partial charge in [0, 0.05) is 19.7 Å². The summed E-state index contributed by atoms with van der Waals surface area (Å²) in [4.78, 5) is 38.0. The van der Waals surface area contributed by atoms with E-state index >= 15 is 0 Å². The van der Waals surface area contributed by atoms with Crippen molar-refractivity contribution in [3.8, 4) is 0 Å². The zero-order valence-corrected chi connectivity index (χ0v) is 15.4. The fraction of sp³-hybridized carbons (Fsp3) is 0.176. The summed E-state index contributed by atoms with van der Waals surface area (Å²) < 4.78 is 31.1. The third-order valence-electron chi connectivity index (χ3n) is 3.42. The Balaban J connectivity index is 2.09. The molecule has 0 unspecified atom stereocenters. The molecule has 2 rings (SSSR count). The Hall–Kier alpha value is -3.27. The van der Waals surface area contributed by atoms with Gasteiger partial charge in [0.25, 0.3) is 15.9 Å². The number of carbonyl (C=O) groups is 3. The van der Waals surface area contributed by atoms with Crippen molar-refractivity contribution in [3.63, 3.8) is 0 Å². The maximum Gasteiger partial charge on any atom is 0.356 e. The van der Waals surface area contributed by atoms with Gasteiger partial charge in [0.05, 0.1) is 17.6 Å². The van der Waals surface area contributed by atoms with Crippen LogP contribution in [0.5, 0.6) is 0 Å². The summed E-state index contributed by atoms with van der Waals surface area (Å²) in [6.45, 7) is 1.64. The minimum Gasteiger partial charge on any atom is -0.464 e. The molecule has 0 aliphatic rings. The number of nitrogens with one attached hydrogen (secondary N) is 2. The van der Waals surface area contributed by atoms with Crippen molar-refractivity contribution in [2.75, 3.05) is 7.11 Å². The van der Waals surface area contributed by atoms with E-state index in [-0.39, 0.29) is 28.6 Å². The van der Waals surface area contributed by atoms with E-state index in [1.165, 1.54) is 50.4 Å². The second kappa shape index (κ2) is 8.41. The lowest BCUT2D eigenvalue weighted by Gasteiger charge is -2.08. The molecule has 10 heteroatoms. The minimum atomic E-state index is -4.09. The van der Waals surface area contributed by atoms with Gasteiger partial charge in [0.15, 0.2) is 0 Å². The van der Waals surface area contributed by atoms with Gasteiger partial charge in [-0.2, -0.15) is 0 Å². The molecule has 1 heterocycles. The highest BCUT2D eigenvalue weighted by Gasteiger charge is 2.19. The zero-order valence-electron chi connectivity index (χ0n) is 14.6. The lowest BCUT2D eigenvalue weighted by molar-refractivity contribution is -0.119. The van der Waals surface area contributed by atoms with Gasteiger partial charge in [-0.3, -0.25) is 9.59 Å². The first-order valence-electron chi connectivity index (χ1n) is 7.68. The number of nitrogens with zero attached hydrogens (tertiary/aromatic N) is 1. The Kier molecular flexibility index (Phi) is 6.24. The van der Waals surface area contributed by atoms with Crippen molar-refractivity contribution >= 4 is 27.8 Å². The Bertz CT molecular complexity index is 953. The topological polar surface area (TPSA) is 132 Å². The molecule has 142 valence electrons. The summed E-state index contributed by atoms with van der Waals surface area (Å²) >= 11 is 0. The highest BCUT2D eigenvalue weighted by atomic mass is 32.2. The number of ether oxygens (including phenoxy) is 1. The van der Waals surface area contributed by atoms with Crippen molar-refractivity contribution < 1.29 is 27.5 Å². The van der Waals surface area contributed by atoms with E-state index in [9.17, 15) is 22.8 Å². The van der Waals surface area contributed by atoms with Crippen LogP contribution in [-0.4, -0.2) is 38.3 Å². The smallest absolute Gasteiger partial charge is 0.356 e. The molecule has 1 aromatic heterocycles. The van der Waals surface area contributed by atoms with Crippen molar-refractivity contribution in [2.45, 2.75) is 18.4 Å². The molecular formula is C17H17N3O6S. The largest absolute Gasteiger partial charge is 0.464 e. The molecule has 0 fully saturated rings. The van der Waals surface area contributed by atoms with Gasteiger partial charge in [-0.05, 0) is 29.8 Å². The summed E-state index contributed by atoms with van der Waals surface area (Å²) in [5, 5.41) is 2.59. The SMILES string of the molecule is COC(=O)c1ccc(C(=O)NS(=O)(=O)c2ccc(CNC(C)=O)cc2)cn1. The second-order valence-corrected chi connectivity index (χ2v) is 7.09. The lowest BCUT2D eigenvalue weighted by atomic mass is 10.2. The van der Waals surface area contributed by atoms with E-state index in [4.69, 9.17) is 0 Å². The van der Waals surface area contributed by atoms with Crippen LogP contribution in [0.2, 0.25) is 0 Å². The molecule has 1 aromatic carbocycles. The number of rotatable bonds is 6. The van der Waals surface area contributed by atoms with Gasteiger partial charge in [-0.25, -0.2) is 22.9 Å². The van der Waals surface area contributed by atoms with Crippen molar-refractivity contribution in [2.24, 2.45) is 0 Å². The summed E-state index contributed by atoms with van der Waals surface area (Å²) in [5.74, 6) is -1.76. The molecule has 27 heavy (non-hydrogen) atoms. The number of sulfonamides is 1. The van der Waals surface area contributed by atoms with Crippen LogP contribution in [-0.2, 0) is 26.1 Å². The average molecular weight is 391 g/mol. The van der Waals surface area contributed by atoms with Gasteiger partial charge >= 0.3 is 5.97 Å². The highest BCUT2D eigenvalue weighted by Crippen LogP contribution is 2.12. The van der Waals surface area contributed by atoms with Crippen LogP contribution < -0.4 is 10.0 Å². The number of methoxy groups -OCH3 is 1. The molecule has 0 aliphatic carbocycles. The first kappa shape index (κ1) is 20.0. The Morgan fingerprint density at radius 2 is 1.74 bits per heavy atom.